The average molecular weight is 158 g/mol. The van der Waals surface area contributed by atoms with Gasteiger partial charge in [-0.25, -0.2) is 17.2 Å². The summed E-state index contributed by atoms with van der Waals surface area (Å²) >= 11 is 0. The third-order valence-corrected chi connectivity index (χ3v) is 0.791. The molecule has 8 heavy (non-hydrogen) atoms. The van der Waals surface area contributed by atoms with E-state index in [0.29, 0.717) is 0 Å². The lowest BCUT2D eigenvalue weighted by molar-refractivity contribution is 0.146. The maximum absolute atomic E-state index is 9.50. The molecule has 0 saturated carbocycles. The third-order valence-electron chi connectivity index (χ3n) is 0.264. The van der Waals surface area contributed by atoms with Gasteiger partial charge in [-0.05, 0) is 0 Å². The van der Waals surface area contributed by atoms with E-state index in [-0.39, 0.29) is 0 Å². The van der Waals surface area contributed by atoms with E-state index in [0.717, 1.165) is 0 Å². The Morgan fingerprint density at radius 2 is 2.12 bits per heavy atom. The summed E-state index contributed by atoms with van der Waals surface area (Å²) in [6.07, 6.45) is 0. The second-order valence-electron chi connectivity index (χ2n) is 0.674. The summed E-state index contributed by atoms with van der Waals surface area (Å²) < 4.78 is 36.2. The highest BCUT2D eigenvalue weighted by Crippen LogP contribution is 1.92. The first kappa shape index (κ1) is 7.97. The van der Waals surface area contributed by atoms with E-state index in [2.05, 4.69) is 8.71 Å². The summed E-state index contributed by atoms with van der Waals surface area (Å²) in [4.78, 5) is 0. The minimum absolute atomic E-state index is 0.496. The van der Waals surface area contributed by atoms with Gasteiger partial charge in [0.25, 0.3) is 11.0 Å². The molecule has 0 aliphatic heterocycles. The van der Waals surface area contributed by atoms with Crippen LogP contribution in [0.3, 0.4) is 0 Å². The molecule has 0 amide bonds. The van der Waals surface area contributed by atoms with Gasteiger partial charge in [0.15, 0.2) is 6.79 Å². The highest BCUT2D eigenvalue weighted by molar-refractivity contribution is 7.67. The molecule has 0 spiro atoms. The second-order valence-corrected chi connectivity index (χ2v) is 1.79. The molecule has 0 fully saturated rings. The normalized spacial score (nSPS) is 10.6. The zero-order valence-corrected chi connectivity index (χ0v) is 5.43. The molecule has 0 aromatic carbocycles. The molecular formula is CH3O5PS. The second kappa shape index (κ2) is 5.11. The molecule has 0 aromatic heterocycles. The van der Waals surface area contributed by atoms with Crippen molar-refractivity contribution in [2.24, 2.45) is 0 Å². The molecule has 0 aliphatic carbocycles. The van der Waals surface area contributed by atoms with Crippen LogP contribution < -0.4 is 0 Å². The van der Waals surface area contributed by atoms with Crippen molar-refractivity contribution < 1.29 is 21.7 Å². The Morgan fingerprint density at radius 1 is 1.50 bits per heavy atom. The number of rotatable bonds is 4. The molecule has 0 atom stereocenters. The van der Waals surface area contributed by atoms with Crippen LogP contribution in [0.4, 0.5) is 0 Å². The standard InChI is InChI=1S/CH3O5PS/c2-7-5-1-6-8(3)4/h8H,1H2. The molecule has 5 nitrogen and oxygen atoms in total. The maximum atomic E-state index is 9.50. The number of thiol groups is 1. The van der Waals surface area contributed by atoms with Crippen molar-refractivity contribution in [2.75, 3.05) is 6.79 Å². The van der Waals surface area contributed by atoms with Crippen molar-refractivity contribution in [1.82, 2.24) is 0 Å². The molecule has 0 unspecified atom stereocenters. The molecule has 0 aromatic rings. The molecule has 0 rings (SSSR count). The Balaban J connectivity index is 3.05. The van der Waals surface area contributed by atoms with Crippen LogP contribution >= 0.6 is 8.69 Å². The molecule has 0 saturated heterocycles. The van der Waals surface area contributed by atoms with E-state index in [4.69, 9.17) is 0 Å². The lowest BCUT2D eigenvalue weighted by Gasteiger charge is -1.85. The Bertz CT molecular complexity index is 120. The van der Waals surface area contributed by atoms with Gasteiger partial charge in [0.05, 0.1) is 0 Å². The van der Waals surface area contributed by atoms with Crippen LogP contribution in [0.15, 0.2) is 0 Å². The summed E-state index contributed by atoms with van der Waals surface area (Å²) in [6, 6.07) is 0. The molecule has 7 heteroatoms. The first-order chi connectivity index (χ1) is 3.77. The van der Waals surface area contributed by atoms with Gasteiger partial charge in [0.2, 0.25) is 0 Å². The topological polar surface area (TPSA) is 69.7 Å². The Labute approximate surface area is 49.0 Å². The Hall–Kier alpha value is -0.0300. The summed E-state index contributed by atoms with van der Waals surface area (Å²) in [6.45, 7) is -0.496. The number of hydrogen-bond acceptors (Lipinski definition) is 5. The largest absolute Gasteiger partial charge is 0.329 e. The van der Waals surface area contributed by atoms with Gasteiger partial charge in [0.1, 0.15) is 0 Å². The zero-order chi connectivity index (χ0) is 6.41. The van der Waals surface area contributed by atoms with E-state index < -0.39 is 26.5 Å². The van der Waals surface area contributed by atoms with Crippen LogP contribution in [-0.4, -0.2) is 15.2 Å². The van der Waals surface area contributed by atoms with Crippen LogP contribution in [0, 0.1) is 0 Å². The SMILES string of the molecule is O=POCO[SH](=O)=O. The summed E-state index contributed by atoms with van der Waals surface area (Å²) in [7, 11) is -3.47. The quantitative estimate of drug-likeness (QED) is 0.263. The predicted octanol–water partition coefficient (Wildman–Crippen LogP) is -0.290. The maximum Gasteiger partial charge on any atom is 0.329 e. The molecule has 0 bridgehead atoms. The van der Waals surface area contributed by atoms with E-state index >= 15 is 0 Å². The Morgan fingerprint density at radius 3 is 2.50 bits per heavy atom. The van der Waals surface area contributed by atoms with Gasteiger partial charge in [-0.15, -0.1) is 0 Å². The van der Waals surface area contributed by atoms with Gasteiger partial charge in [-0.2, -0.15) is 0 Å². The third kappa shape index (κ3) is 5.97. The van der Waals surface area contributed by atoms with Crippen LogP contribution in [-0.2, 0) is 24.3 Å². The molecular weight excluding hydrogens is 155 g/mol. The van der Waals surface area contributed by atoms with Gasteiger partial charge >= 0.3 is 8.69 Å². The zero-order valence-electron chi connectivity index (χ0n) is 3.64. The van der Waals surface area contributed by atoms with Crippen molar-refractivity contribution >= 4 is 19.7 Å². The van der Waals surface area contributed by atoms with Crippen molar-refractivity contribution in [3.63, 3.8) is 0 Å². The monoisotopic (exact) mass is 158 g/mol. The summed E-state index contributed by atoms with van der Waals surface area (Å²) in [5.74, 6) is 0. The molecule has 48 valence electrons. The smallest absolute Gasteiger partial charge is 0.265 e. The fourth-order valence-corrected chi connectivity index (χ4v) is 0.406. The minimum Gasteiger partial charge on any atom is -0.265 e. The average Bonchev–Trinajstić information content (AvgIpc) is 1.66. The van der Waals surface area contributed by atoms with Crippen molar-refractivity contribution in [2.45, 2.75) is 0 Å². The molecule has 0 aliphatic rings. The van der Waals surface area contributed by atoms with E-state index in [9.17, 15) is 13.0 Å². The first-order valence-corrected chi connectivity index (χ1v) is 3.32. The van der Waals surface area contributed by atoms with Gasteiger partial charge in [-0.1, -0.05) is 0 Å². The van der Waals surface area contributed by atoms with Crippen molar-refractivity contribution in [1.29, 1.82) is 0 Å². The fraction of sp³-hybridized carbons (Fsp3) is 1.00. The Kier molecular flexibility index (Phi) is 5.09. The van der Waals surface area contributed by atoms with Crippen LogP contribution in [0.25, 0.3) is 0 Å². The summed E-state index contributed by atoms with van der Waals surface area (Å²) in [5.41, 5.74) is 0. The van der Waals surface area contributed by atoms with E-state index in [1.54, 1.807) is 0 Å². The highest BCUT2D eigenvalue weighted by Gasteiger charge is 1.83. The first-order valence-electron chi connectivity index (χ1n) is 1.49. The predicted molar refractivity (Wildman–Crippen MR) is 25.0 cm³/mol. The van der Waals surface area contributed by atoms with Crippen molar-refractivity contribution in [3.8, 4) is 0 Å². The van der Waals surface area contributed by atoms with E-state index in [1.807, 2.05) is 0 Å². The fourth-order valence-electron chi connectivity index (χ4n) is 0.0881. The molecule has 0 N–H and O–H groups in total. The van der Waals surface area contributed by atoms with Crippen LogP contribution in [0.5, 0.6) is 0 Å². The van der Waals surface area contributed by atoms with Crippen LogP contribution in [0.2, 0.25) is 0 Å². The molecule has 0 radical (unpaired) electrons. The number of hydrogen-bond donors (Lipinski definition) is 1. The summed E-state index contributed by atoms with van der Waals surface area (Å²) in [5, 5.41) is 0. The van der Waals surface area contributed by atoms with E-state index in [1.165, 1.54) is 0 Å². The van der Waals surface area contributed by atoms with Gasteiger partial charge < -0.3 is 0 Å². The van der Waals surface area contributed by atoms with Gasteiger partial charge in [-0.3, -0.25) is 4.52 Å². The van der Waals surface area contributed by atoms with Gasteiger partial charge in [0, 0.05) is 0 Å². The lowest BCUT2D eigenvalue weighted by Crippen LogP contribution is -1.89. The lowest BCUT2D eigenvalue weighted by atomic mass is 11.6. The van der Waals surface area contributed by atoms with Crippen LogP contribution in [0.1, 0.15) is 0 Å². The highest BCUT2D eigenvalue weighted by atomic mass is 32.2. The van der Waals surface area contributed by atoms with Crippen molar-refractivity contribution in [3.05, 3.63) is 0 Å². The minimum atomic E-state index is -2.88. The molecule has 0 heterocycles.